The van der Waals surface area contributed by atoms with Crippen molar-refractivity contribution in [3.8, 4) is 5.75 Å². The second kappa shape index (κ2) is 5.95. The average molecular weight is 307 g/mol. The third kappa shape index (κ3) is 4.33. The minimum absolute atomic E-state index is 0.172. The number of hydrogen-bond donors (Lipinski definition) is 0. The number of rotatable bonds is 3. The summed E-state index contributed by atoms with van der Waals surface area (Å²) >= 11 is 0. The highest BCUT2D eigenvalue weighted by atomic mass is 32.2. The molecule has 0 heterocycles. The van der Waals surface area contributed by atoms with E-state index in [1.54, 1.807) is 20.8 Å². The highest BCUT2D eigenvalue weighted by Gasteiger charge is 2.33. The van der Waals surface area contributed by atoms with Crippen molar-refractivity contribution >= 4 is 17.2 Å². The molecule has 0 fully saturated rings. The molecule has 112 valence electrons. The lowest BCUT2D eigenvalue weighted by atomic mass is 10.1. The second-order valence-electron chi connectivity index (χ2n) is 5.05. The predicted molar refractivity (Wildman–Crippen MR) is 73.5 cm³/mol. The lowest BCUT2D eigenvalue weighted by Crippen LogP contribution is -2.20. The number of hydrogen-bond acceptors (Lipinski definition) is 2. The van der Waals surface area contributed by atoms with Gasteiger partial charge in [0.15, 0.2) is 0 Å². The van der Waals surface area contributed by atoms with Crippen LogP contribution in [0.3, 0.4) is 0 Å². The van der Waals surface area contributed by atoms with Gasteiger partial charge in [-0.15, -0.1) is 0 Å². The molecular formula is C13H16F3NO2S. The van der Waals surface area contributed by atoms with Gasteiger partial charge in [-0.05, 0) is 39.0 Å². The van der Waals surface area contributed by atoms with Gasteiger partial charge in [0.05, 0.1) is 17.4 Å². The first-order valence-electron chi connectivity index (χ1n) is 5.77. The van der Waals surface area contributed by atoms with Gasteiger partial charge in [-0.25, -0.2) is 4.21 Å². The zero-order chi connectivity index (χ0) is 15.6. The molecule has 0 radical (unpaired) electrons. The van der Waals surface area contributed by atoms with Crippen LogP contribution in [-0.4, -0.2) is 22.3 Å². The van der Waals surface area contributed by atoms with Crippen molar-refractivity contribution in [1.29, 1.82) is 0 Å². The summed E-state index contributed by atoms with van der Waals surface area (Å²) in [5.74, 6) is 0.279. The Kier molecular flexibility index (Phi) is 4.96. The Balaban J connectivity index is 3.21. The van der Waals surface area contributed by atoms with Crippen LogP contribution >= 0.6 is 0 Å². The molecule has 0 aromatic heterocycles. The number of alkyl halides is 3. The quantitative estimate of drug-likeness (QED) is 0.800. The number of nitrogens with zero attached hydrogens (tertiary/aromatic N) is 1. The van der Waals surface area contributed by atoms with Crippen molar-refractivity contribution in [2.24, 2.45) is 4.40 Å². The largest absolute Gasteiger partial charge is 0.497 e. The van der Waals surface area contributed by atoms with E-state index in [1.807, 2.05) is 0 Å². The zero-order valence-electron chi connectivity index (χ0n) is 11.6. The summed E-state index contributed by atoms with van der Waals surface area (Å²) in [5, 5.41) is 0. The molecule has 0 amide bonds. The smallest absolute Gasteiger partial charge is 0.417 e. The maximum atomic E-state index is 12.9. The highest BCUT2D eigenvalue weighted by Crippen LogP contribution is 2.33. The Hall–Kier alpha value is -1.37. The van der Waals surface area contributed by atoms with E-state index in [9.17, 15) is 17.4 Å². The van der Waals surface area contributed by atoms with Gasteiger partial charge < -0.3 is 4.74 Å². The number of ether oxygens (including phenoxy) is 1. The first-order valence-corrected chi connectivity index (χ1v) is 6.87. The molecule has 0 saturated heterocycles. The van der Waals surface area contributed by atoms with Crippen molar-refractivity contribution in [3.05, 3.63) is 29.3 Å². The lowest BCUT2D eigenvalue weighted by Gasteiger charge is -2.14. The minimum atomic E-state index is -4.50. The first kappa shape index (κ1) is 16.7. The lowest BCUT2D eigenvalue weighted by molar-refractivity contribution is -0.137. The zero-order valence-corrected chi connectivity index (χ0v) is 12.4. The van der Waals surface area contributed by atoms with Crippen LogP contribution in [0.25, 0.3) is 0 Å². The molecule has 0 N–H and O–H groups in total. The summed E-state index contributed by atoms with van der Waals surface area (Å²) in [4.78, 5) is 0. The second-order valence-corrected chi connectivity index (χ2v) is 6.98. The molecule has 1 atom stereocenters. The van der Waals surface area contributed by atoms with E-state index in [-0.39, 0.29) is 11.3 Å². The van der Waals surface area contributed by atoms with Crippen LogP contribution in [0.2, 0.25) is 0 Å². The number of benzene rings is 1. The fourth-order valence-corrected chi connectivity index (χ4v) is 1.82. The minimum Gasteiger partial charge on any atom is -0.497 e. The Bertz CT molecular complexity index is 533. The molecule has 20 heavy (non-hydrogen) atoms. The van der Waals surface area contributed by atoms with Crippen LogP contribution in [0.15, 0.2) is 22.6 Å². The molecule has 0 unspecified atom stereocenters. The van der Waals surface area contributed by atoms with Gasteiger partial charge >= 0.3 is 6.18 Å². The molecule has 0 bridgehead atoms. The molecule has 7 heteroatoms. The molecule has 0 aliphatic heterocycles. The summed E-state index contributed by atoms with van der Waals surface area (Å²) in [6.45, 7) is 5.07. The summed E-state index contributed by atoms with van der Waals surface area (Å²) in [6.07, 6.45) is -3.52. The summed E-state index contributed by atoms with van der Waals surface area (Å²) in [5.41, 5.74) is -1.01. The van der Waals surface area contributed by atoms with Gasteiger partial charge in [0.1, 0.15) is 16.7 Å². The van der Waals surface area contributed by atoms with Gasteiger partial charge in [0.25, 0.3) is 0 Å². The SMILES string of the molecule is COc1ccc(C(F)(F)F)c(/C=N/[S@](=O)C(C)(C)C)c1. The van der Waals surface area contributed by atoms with Crippen LogP contribution in [0.5, 0.6) is 5.75 Å². The Labute approximate surface area is 118 Å². The van der Waals surface area contributed by atoms with E-state index in [0.29, 0.717) is 0 Å². The summed E-state index contributed by atoms with van der Waals surface area (Å²) in [6, 6.07) is 3.35. The molecule has 1 aromatic carbocycles. The molecule has 1 rings (SSSR count). The molecule has 0 saturated carbocycles. The van der Waals surface area contributed by atoms with Crippen LogP contribution in [0, 0.1) is 0 Å². The van der Waals surface area contributed by atoms with Gasteiger partial charge in [-0.2, -0.15) is 17.6 Å². The van der Waals surface area contributed by atoms with Gasteiger partial charge in [0.2, 0.25) is 0 Å². The van der Waals surface area contributed by atoms with E-state index in [4.69, 9.17) is 4.74 Å². The third-order valence-corrected chi connectivity index (χ3v) is 3.72. The van der Waals surface area contributed by atoms with Crippen LogP contribution in [0.1, 0.15) is 31.9 Å². The van der Waals surface area contributed by atoms with E-state index in [0.717, 1.165) is 12.3 Å². The summed E-state index contributed by atoms with van der Waals surface area (Å²) in [7, 11) is -0.262. The van der Waals surface area contributed by atoms with Crippen LogP contribution in [0.4, 0.5) is 13.2 Å². The Morgan fingerprint density at radius 1 is 1.25 bits per heavy atom. The van der Waals surface area contributed by atoms with Crippen molar-refractivity contribution in [3.63, 3.8) is 0 Å². The van der Waals surface area contributed by atoms with E-state index < -0.39 is 27.5 Å². The van der Waals surface area contributed by atoms with Gasteiger partial charge in [0, 0.05) is 11.8 Å². The highest BCUT2D eigenvalue weighted by molar-refractivity contribution is 7.85. The molecule has 0 aliphatic rings. The number of halogens is 3. The average Bonchev–Trinajstić information content (AvgIpc) is 2.33. The predicted octanol–water partition coefficient (Wildman–Crippen LogP) is 3.60. The van der Waals surface area contributed by atoms with Gasteiger partial charge in [-0.1, -0.05) is 0 Å². The van der Waals surface area contributed by atoms with E-state index in [2.05, 4.69) is 4.40 Å². The van der Waals surface area contributed by atoms with Crippen molar-refractivity contribution in [1.82, 2.24) is 0 Å². The molecule has 0 spiro atoms. The van der Waals surface area contributed by atoms with E-state index >= 15 is 0 Å². The Morgan fingerprint density at radius 2 is 1.85 bits per heavy atom. The maximum absolute atomic E-state index is 12.9. The Morgan fingerprint density at radius 3 is 2.30 bits per heavy atom. The molecule has 1 aromatic rings. The van der Waals surface area contributed by atoms with E-state index in [1.165, 1.54) is 19.2 Å². The van der Waals surface area contributed by atoms with Gasteiger partial charge in [-0.3, -0.25) is 0 Å². The first-order chi connectivity index (χ1) is 9.05. The summed E-state index contributed by atoms with van der Waals surface area (Å²) < 4.78 is 58.3. The molecular weight excluding hydrogens is 291 g/mol. The third-order valence-electron chi connectivity index (χ3n) is 2.38. The molecule has 3 nitrogen and oxygen atoms in total. The van der Waals surface area contributed by atoms with Crippen molar-refractivity contribution in [2.45, 2.75) is 31.7 Å². The van der Waals surface area contributed by atoms with Crippen molar-refractivity contribution < 1.29 is 22.1 Å². The fourth-order valence-electron chi connectivity index (χ4n) is 1.30. The van der Waals surface area contributed by atoms with Crippen LogP contribution < -0.4 is 4.74 Å². The molecule has 0 aliphatic carbocycles. The maximum Gasteiger partial charge on any atom is 0.417 e. The van der Waals surface area contributed by atoms with Crippen molar-refractivity contribution in [2.75, 3.05) is 7.11 Å². The monoisotopic (exact) mass is 307 g/mol. The van der Waals surface area contributed by atoms with Crippen LogP contribution in [-0.2, 0) is 17.2 Å². The standard InChI is InChI=1S/C13H16F3NO2S/c1-12(2,3)20(18)17-8-9-7-10(19-4)5-6-11(9)13(14,15)16/h5-8H,1-4H3/b17-8+/t20-/m1/s1. The normalized spacial score (nSPS) is 14.6. The number of methoxy groups -OCH3 is 1. The topological polar surface area (TPSA) is 38.7 Å². The fraction of sp³-hybridized carbons (Fsp3) is 0.462.